The molecular formula is C27H23NO2. The van der Waals surface area contributed by atoms with Gasteiger partial charge in [-0.2, -0.15) is 5.48 Å². The minimum atomic E-state index is -0.312. The molecule has 0 aliphatic heterocycles. The summed E-state index contributed by atoms with van der Waals surface area (Å²) in [6, 6.07) is 22.1. The molecule has 0 heterocycles. The zero-order chi connectivity index (χ0) is 20.3. The Morgan fingerprint density at radius 1 is 0.867 bits per heavy atom. The van der Waals surface area contributed by atoms with Crippen molar-refractivity contribution in [3.63, 3.8) is 0 Å². The van der Waals surface area contributed by atoms with Gasteiger partial charge in [-0.15, -0.1) is 0 Å². The van der Waals surface area contributed by atoms with Gasteiger partial charge in [0.25, 0.3) is 0 Å². The predicted molar refractivity (Wildman–Crippen MR) is 120 cm³/mol. The number of allylic oxidation sites excluding steroid dienone is 4. The van der Waals surface area contributed by atoms with Gasteiger partial charge in [-0.25, -0.2) is 0 Å². The number of nitrogens with one attached hydrogen (secondary N) is 1. The van der Waals surface area contributed by atoms with Gasteiger partial charge in [0.15, 0.2) is 5.75 Å². The Balaban J connectivity index is 1.76. The van der Waals surface area contributed by atoms with Gasteiger partial charge in [0.05, 0.1) is 12.5 Å². The molecule has 0 fully saturated rings. The molecule has 1 N–H and O–H groups in total. The van der Waals surface area contributed by atoms with Crippen molar-refractivity contribution in [3.05, 3.63) is 101 Å². The Labute approximate surface area is 176 Å². The summed E-state index contributed by atoms with van der Waals surface area (Å²) < 4.78 is 5.74. The molecule has 1 unspecified atom stereocenters. The number of ether oxygens (including phenoxy) is 1. The van der Waals surface area contributed by atoms with Gasteiger partial charge in [-0.1, -0.05) is 48.6 Å². The smallest absolute Gasteiger partial charge is 0.155 e. The fraction of sp³-hybridized carbons (Fsp3) is 0.185. The summed E-state index contributed by atoms with van der Waals surface area (Å²) in [5, 5.41) is 0. The Morgan fingerprint density at radius 3 is 2.37 bits per heavy atom. The highest BCUT2D eigenvalue weighted by molar-refractivity contribution is 5.91. The van der Waals surface area contributed by atoms with Crippen LogP contribution in [0, 0.1) is 0 Å². The molecule has 0 aromatic heterocycles. The summed E-state index contributed by atoms with van der Waals surface area (Å²) >= 11 is 0. The first-order valence-corrected chi connectivity index (χ1v) is 10.5. The third kappa shape index (κ3) is 2.08. The van der Waals surface area contributed by atoms with E-state index in [1.54, 1.807) is 14.2 Å². The molecule has 0 saturated carbocycles. The summed E-state index contributed by atoms with van der Waals surface area (Å²) in [6.45, 7) is 0. The summed E-state index contributed by atoms with van der Waals surface area (Å²) in [5.41, 5.74) is 12.8. The van der Waals surface area contributed by atoms with Crippen LogP contribution in [0.25, 0.3) is 16.7 Å². The molecule has 3 nitrogen and oxygen atoms in total. The van der Waals surface area contributed by atoms with Crippen LogP contribution in [-0.2, 0) is 5.41 Å². The van der Waals surface area contributed by atoms with Crippen molar-refractivity contribution in [1.29, 1.82) is 0 Å². The summed E-state index contributed by atoms with van der Waals surface area (Å²) in [4.78, 5) is 5.76. The third-order valence-electron chi connectivity index (χ3n) is 6.78. The molecular weight excluding hydrogens is 370 g/mol. The molecule has 3 aromatic carbocycles. The molecule has 6 rings (SSSR count). The SMILES string of the molecule is CNOc1ccc2cc1-c1cc(ccc1OC)C21C2=C(CCC=C2)c2ccccc21. The lowest BCUT2D eigenvalue weighted by atomic mass is 9.67. The maximum absolute atomic E-state index is 5.76. The number of rotatable bonds is 3. The van der Waals surface area contributed by atoms with E-state index in [9.17, 15) is 0 Å². The minimum Gasteiger partial charge on any atom is -0.496 e. The van der Waals surface area contributed by atoms with Gasteiger partial charge in [0.1, 0.15) is 5.75 Å². The maximum atomic E-state index is 5.76. The molecule has 0 amide bonds. The van der Waals surface area contributed by atoms with Crippen molar-refractivity contribution in [2.24, 2.45) is 0 Å². The van der Waals surface area contributed by atoms with E-state index in [-0.39, 0.29) is 5.41 Å². The molecule has 148 valence electrons. The van der Waals surface area contributed by atoms with Crippen LogP contribution in [0.15, 0.2) is 78.4 Å². The molecule has 3 aliphatic rings. The van der Waals surface area contributed by atoms with Crippen molar-refractivity contribution in [2.75, 3.05) is 14.2 Å². The Morgan fingerprint density at radius 2 is 1.60 bits per heavy atom. The highest BCUT2D eigenvalue weighted by Gasteiger charge is 2.48. The highest BCUT2D eigenvalue weighted by Crippen LogP contribution is 2.59. The lowest BCUT2D eigenvalue weighted by molar-refractivity contribution is 0.225. The average Bonchev–Trinajstić information content (AvgIpc) is 3.06. The average molecular weight is 393 g/mol. The minimum absolute atomic E-state index is 0.312. The molecule has 30 heavy (non-hydrogen) atoms. The van der Waals surface area contributed by atoms with E-state index in [0.29, 0.717) is 0 Å². The molecule has 1 spiro atoms. The van der Waals surface area contributed by atoms with E-state index >= 15 is 0 Å². The molecule has 3 aliphatic carbocycles. The van der Waals surface area contributed by atoms with E-state index in [2.05, 4.69) is 78.3 Å². The standard InChI is InChI=1S/C27H23NO2/c1-28-30-26-14-12-18-16-22(26)21-15-17(11-13-25(21)29-2)27(18)23-9-5-3-7-19(23)20-8-4-6-10-24(20)27/h3,5-7,9-16,28H,4,8H2,1-2H3. The Bertz CT molecular complexity index is 1250. The number of hydroxylamine groups is 1. The van der Waals surface area contributed by atoms with Crippen molar-refractivity contribution >= 4 is 5.57 Å². The van der Waals surface area contributed by atoms with E-state index < -0.39 is 0 Å². The van der Waals surface area contributed by atoms with E-state index in [4.69, 9.17) is 9.57 Å². The second kappa shape index (κ2) is 6.35. The van der Waals surface area contributed by atoms with E-state index in [1.807, 2.05) is 0 Å². The van der Waals surface area contributed by atoms with E-state index in [0.717, 1.165) is 35.5 Å². The molecule has 3 aromatic rings. The highest BCUT2D eigenvalue weighted by atomic mass is 16.6. The number of benzene rings is 3. The van der Waals surface area contributed by atoms with Crippen LogP contribution in [0.4, 0.5) is 0 Å². The largest absolute Gasteiger partial charge is 0.496 e. The van der Waals surface area contributed by atoms with Gasteiger partial charge in [0, 0.05) is 18.2 Å². The van der Waals surface area contributed by atoms with Gasteiger partial charge in [0.2, 0.25) is 0 Å². The van der Waals surface area contributed by atoms with Crippen LogP contribution < -0.4 is 15.1 Å². The second-order valence-electron chi connectivity index (χ2n) is 8.06. The van der Waals surface area contributed by atoms with Crippen LogP contribution in [0.1, 0.15) is 35.1 Å². The first kappa shape index (κ1) is 17.5. The predicted octanol–water partition coefficient (Wildman–Crippen LogP) is 5.64. The first-order valence-electron chi connectivity index (χ1n) is 10.5. The third-order valence-corrected chi connectivity index (χ3v) is 6.78. The maximum Gasteiger partial charge on any atom is 0.155 e. The van der Waals surface area contributed by atoms with Crippen molar-refractivity contribution < 1.29 is 9.57 Å². The van der Waals surface area contributed by atoms with Crippen LogP contribution in [0.5, 0.6) is 11.5 Å². The number of hydrogen-bond donors (Lipinski definition) is 1. The van der Waals surface area contributed by atoms with Crippen molar-refractivity contribution in [2.45, 2.75) is 18.3 Å². The van der Waals surface area contributed by atoms with Gasteiger partial charge < -0.3 is 9.57 Å². The zero-order valence-electron chi connectivity index (χ0n) is 17.2. The van der Waals surface area contributed by atoms with Gasteiger partial charge >= 0.3 is 0 Å². The van der Waals surface area contributed by atoms with E-state index in [1.165, 1.54) is 33.4 Å². The van der Waals surface area contributed by atoms with Crippen molar-refractivity contribution in [3.8, 4) is 22.6 Å². The lowest BCUT2D eigenvalue weighted by Gasteiger charge is -2.34. The zero-order valence-corrected chi connectivity index (χ0v) is 17.2. The number of fused-ring (bicyclic) bond motifs is 11. The molecule has 4 bridgehead atoms. The normalized spacial score (nSPS) is 20.1. The molecule has 1 atom stereocenters. The number of methoxy groups -OCH3 is 1. The Hall–Kier alpha value is -3.30. The van der Waals surface area contributed by atoms with Gasteiger partial charge in [-0.3, -0.25) is 0 Å². The molecule has 0 radical (unpaired) electrons. The van der Waals surface area contributed by atoms with Gasteiger partial charge in [-0.05, 0) is 70.5 Å². The monoisotopic (exact) mass is 393 g/mol. The number of hydrogen-bond acceptors (Lipinski definition) is 3. The fourth-order valence-corrected chi connectivity index (χ4v) is 5.63. The molecule has 0 saturated heterocycles. The fourth-order valence-electron chi connectivity index (χ4n) is 5.63. The summed E-state index contributed by atoms with van der Waals surface area (Å²) in [7, 11) is 3.51. The Kier molecular flexibility index (Phi) is 3.71. The summed E-state index contributed by atoms with van der Waals surface area (Å²) in [5.74, 6) is 1.65. The van der Waals surface area contributed by atoms with Crippen molar-refractivity contribution in [1.82, 2.24) is 5.48 Å². The first-order chi connectivity index (χ1) is 14.8. The quantitative estimate of drug-likeness (QED) is 0.584. The second-order valence-corrected chi connectivity index (χ2v) is 8.06. The molecule has 3 heteroatoms. The summed E-state index contributed by atoms with van der Waals surface area (Å²) in [6.07, 6.45) is 6.85. The van der Waals surface area contributed by atoms with Crippen LogP contribution >= 0.6 is 0 Å². The lowest BCUT2D eigenvalue weighted by Crippen LogP contribution is -2.29. The van der Waals surface area contributed by atoms with Crippen LogP contribution in [0.3, 0.4) is 0 Å². The topological polar surface area (TPSA) is 30.5 Å². The van der Waals surface area contributed by atoms with Crippen LogP contribution in [-0.4, -0.2) is 14.2 Å². The van der Waals surface area contributed by atoms with Crippen LogP contribution in [0.2, 0.25) is 0 Å².